The van der Waals surface area contributed by atoms with Crippen molar-refractivity contribution in [3.8, 4) is 11.5 Å². The lowest BCUT2D eigenvalue weighted by molar-refractivity contribution is 0.122. The Kier molecular flexibility index (Phi) is 10.7. The van der Waals surface area contributed by atoms with Gasteiger partial charge in [0.1, 0.15) is 11.5 Å². The number of nitrogens with zero attached hydrogens (tertiary/aromatic N) is 2. The second-order valence-electron chi connectivity index (χ2n) is 6.99. The molecule has 0 radical (unpaired) electrons. The first kappa shape index (κ1) is 25.1. The fraction of sp³-hybridized carbons (Fsp3) is 0.435. The standard InChI is InChI=1S/C23H32N4O3.HI/c1-4-24-23(26-17-19-7-10-21(28-2)15-22(19)29-3)25-16-18-5-8-20(9-6-18)27-11-13-30-14-12-27;/h5-10,15H,4,11-14,16-17H2,1-3H3,(H2,24,25,26);1H. The van der Waals surface area contributed by atoms with Gasteiger partial charge >= 0.3 is 0 Å². The summed E-state index contributed by atoms with van der Waals surface area (Å²) in [6.45, 7) is 7.55. The van der Waals surface area contributed by atoms with Crippen molar-refractivity contribution < 1.29 is 14.2 Å². The van der Waals surface area contributed by atoms with Gasteiger partial charge in [0.15, 0.2) is 5.96 Å². The van der Waals surface area contributed by atoms with Gasteiger partial charge in [-0.1, -0.05) is 12.1 Å². The van der Waals surface area contributed by atoms with E-state index in [4.69, 9.17) is 19.2 Å². The smallest absolute Gasteiger partial charge is 0.191 e. The van der Waals surface area contributed by atoms with E-state index in [0.717, 1.165) is 55.9 Å². The normalized spacial score (nSPS) is 13.9. The molecule has 31 heavy (non-hydrogen) atoms. The molecule has 7 nitrogen and oxygen atoms in total. The lowest BCUT2D eigenvalue weighted by atomic mass is 10.2. The van der Waals surface area contributed by atoms with E-state index in [0.29, 0.717) is 13.1 Å². The zero-order valence-corrected chi connectivity index (χ0v) is 20.8. The van der Waals surface area contributed by atoms with Crippen LogP contribution in [0.3, 0.4) is 0 Å². The van der Waals surface area contributed by atoms with Gasteiger partial charge in [0.05, 0.1) is 34.0 Å². The van der Waals surface area contributed by atoms with Gasteiger partial charge in [-0.15, -0.1) is 24.0 Å². The minimum absolute atomic E-state index is 0. The highest BCUT2D eigenvalue weighted by atomic mass is 127. The Bertz CT molecular complexity index is 824. The van der Waals surface area contributed by atoms with E-state index in [-0.39, 0.29) is 24.0 Å². The van der Waals surface area contributed by atoms with Crippen molar-refractivity contribution in [2.24, 2.45) is 4.99 Å². The summed E-state index contributed by atoms with van der Waals surface area (Å²) >= 11 is 0. The molecule has 2 aromatic carbocycles. The van der Waals surface area contributed by atoms with Crippen molar-refractivity contribution in [1.82, 2.24) is 10.6 Å². The number of methoxy groups -OCH3 is 2. The van der Waals surface area contributed by atoms with Gasteiger partial charge in [-0.05, 0) is 36.8 Å². The molecular formula is C23H33IN4O3. The third-order valence-electron chi connectivity index (χ3n) is 5.02. The number of hydrogen-bond donors (Lipinski definition) is 2. The maximum Gasteiger partial charge on any atom is 0.191 e. The van der Waals surface area contributed by atoms with Crippen LogP contribution in [0.5, 0.6) is 11.5 Å². The zero-order valence-electron chi connectivity index (χ0n) is 18.5. The number of hydrogen-bond acceptors (Lipinski definition) is 5. The summed E-state index contributed by atoms with van der Waals surface area (Å²) in [4.78, 5) is 7.08. The molecule has 2 N–H and O–H groups in total. The fourth-order valence-corrected chi connectivity index (χ4v) is 3.32. The largest absolute Gasteiger partial charge is 0.497 e. The minimum Gasteiger partial charge on any atom is -0.497 e. The van der Waals surface area contributed by atoms with Crippen molar-refractivity contribution in [3.05, 3.63) is 53.6 Å². The molecule has 0 bridgehead atoms. The maximum absolute atomic E-state index is 5.48. The Morgan fingerprint density at radius 1 is 1.03 bits per heavy atom. The van der Waals surface area contributed by atoms with Crippen LogP contribution in [-0.2, 0) is 17.8 Å². The summed E-state index contributed by atoms with van der Waals surface area (Å²) in [5.41, 5.74) is 3.45. The molecule has 0 amide bonds. The Hall–Kier alpha value is -2.20. The highest BCUT2D eigenvalue weighted by Crippen LogP contribution is 2.24. The number of anilines is 1. The monoisotopic (exact) mass is 540 g/mol. The van der Waals surface area contributed by atoms with Gasteiger partial charge in [0, 0.05) is 43.5 Å². The number of guanidine groups is 1. The SMILES string of the molecule is CCNC(=NCc1ccc(N2CCOCC2)cc1)NCc1ccc(OC)cc1OC.I. The molecule has 1 aliphatic heterocycles. The number of rotatable bonds is 8. The highest BCUT2D eigenvalue weighted by molar-refractivity contribution is 14.0. The lowest BCUT2D eigenvalue weighted by Gasteiger charge is -2.28. The van der Waals surface area contributed by atoms with E-state index in [1.807, 2.05) is 18.2 Å². The maximum atomic E-state index is 5.48. The Labute approximate surface area is 202 Å². The van der Waals surface area contributed by atoms with Gasteiger partial charge in [0.2, 0.25) is 0 Å². The summed E-state index contributed by atoms with van der Waals surface area (Å²) in [6.07, 6.45) is 0. The van der Waals surface area contributed by atoms with E-state index < -0.39 is 0 Å². The lowest BCUT2D eigenvalue weighted by Crippen LogP contribution is -2.36. The Morgan fingerprint density at radius 3 is 2.42 bits per heavy atom. The predicted octanol–water partition coefficient (Wildman–Crippen LogP) is 3.41. The first-order chi connectivity index (χ1) is 14.7. The van der Waals surface area contributed by atoms with E-state index in [1.54, 1.807) is 14.2 Å². The molecule has 8 heteroatoms. The first-order valence-electron chi connectivity index (χ1n) is 10.4. The molecule has 1 saturated heterocycles. The molecule has 1 heterocycles. The van der Waals surface area contributed by atoms with Gasteiger partial charge in [0.25, 0.3) is 0 Å². The number of halogens is 1. The average Bonchev–Trinajstić information content (AvgIpc) is 2.81. The summed E-state index contributed by atoms with van der Waals surface area (Å²) in [6, 6.07) is 14.4. The van der Waals surface area contributed by atoms with Crippen LogP contribution in [0.25, 0.3) is 0 Å². The number of morpholine rings is 1. The van der Waals surface area contributed by atoms with Crippen molar-refractivity contribution in [3.63, 3.8) is 0 Å². The van der Waals surface area contributed by atoms with E-state index in [9.17, 15) is 0 Å². The van der Waals surface area contributed by atoms with E-state index >= 15 is 0 Å². The van der Waals surface area contributed by atoms with Gasteiger partial charge < -0.3 is 29.7 Å². The Balaban J connectivity index is 0.00000341. The van der Waals surface area contributed by atoms with Crippen LogP contribution in [0, 0.1) is 0 Å². The number of benzene rings is 2. The average molecular weight is 540 g/mol. The summed E-state index contributed by atoms with van der Waals surface area (Å²) in [7, 11) is 3.31. The topological polar surface area (TPSA) is 67.4 Å². The summed E-state index contributed by atoms with van der Waals surface area (Å²) in [5, 5.41) is 6.68. The molecule has 2 aromatic rings. The predicted molar refractivity (Wildman–Crippen MR) is 136 cm³/mol. The second-order valence-corrected chi connectivity index (χ2v) is 6.99. The van der Waals surface area contributed by atoms with Crippen LogP contribution in [-0.4, -0.2) is 53.0 Å². The van der Waals surface area contributed by atoms with Gasteiger partial charge in [-0.3, -0.25) is 0 Å². The molecule has 0 aliphatic carbocycles. The van der Waals surface area contributed by atoms with Gasteiger partial charge in [-0.2, -0.15) is 0 Å². The molecule has 3 rings (SSSR count). The van der Waals surface area contributed by atoms with Crippen LogP contribution in [0.2, 0.25) is 0 Å². The number of ether oxygens (including phenoxy) is 3. The zero-order chi connectivity index (χ0) is 21.2. The first-order valence-corrected chi connectivity index (χ1v) is 10.4. The summed E-state index contributed by atoms with van der Waals surface area (Å²) < 4.78 is 16.2. The number of aliphatic imine (C=N–C) groups is 1. The molecule has 0 atom stereocenters. The van der Waals surface area contributed by atoms with Crippen LogP contribution < -0.4 is 25.0 Å². The fourth-order valence-electron chi connectivity index (χ4n) is 3.32. The van der Waals surface area contributed by atoms with Crippen molar-refractivity contribution in [1.29, 1.82) is 0 Å². The molecule has 1 aliphatic rings. The molecule has 0 aromatic heterocycles. The molecular weight excluding hydrogens is 507 g/mol. The van der Waals surface area contributed by atoms with Gasteiger partial charge in [-0.25, -0.2) is 4.99 Å². The molecule has 170 valence electrons. The van der Waals surface area contributed by atoms with Crippen LogP contribution in [0.15, 0.2) is 47.5 Å². The van der Waals surface area contributed by atoms with Crippen molar-refractivity contribution in [2.45, 2.75) is 20.0 Å². The van der Waals surface area contributed by atoms with Crippen LogP contribution in [0.1, 0.15) is 18.1 Å². The molecule has 1 fully saturated rings. The molecule has 0 spiro atoms. The number of nitrogens with one attached hydrogen (secondary N) is 2. The quantitative estimate of drug-likeness (QED) is 0.304. The minimum atomic E-state index is 0. The third kappa shape index (κ3) is 7.46. The van der Waals surface area contributed by atoms with E-state index in [1.165, 1.54) is 11.3 Å². The van der Waals surface area contributed by atoms with E-state index in [2.05, 4.69) is 46.7 Å². The Morgan fingerprint density at radius 2 is 1.77 bits per heavy atom. The second kappa shape index (κ2) is 13.3. The van der Waals surface area contributed by atoms with Crippen molar-refractivity contribution >= 4 is 35.6 Å². The molecule has 0 saturated carbocycles. The van der Waals surface area contributed by atoms with Crippen LogP contribution in [0.4, 0.5) is 5.69 Å². The molecule has 0 unspecified atom stereocenters. The van der Waals surface area contributed by atoms with Crippen LogP contribution >= 0.6 is 24.0 Å². The highest BCUT2D eigenvalue weighted by Gasteiger charge is 2.11. The summed E-state index contributed by atoms with van der Waals surface area (Å²) in [5.74, 6) is 2.33. The third-order valence-corrected chi connectivity index (χ3v) is 5.02. The van der Waals surface area contributed by atoms with Crippen molar-refractivity contribution in [2.75, 3.05) is 52.0 Å².